The number of Topliss-reactive ketones (excluding diaryl/α,β-unsaturated/α-hetero) is 1. The fourth-order valence-electron chi connectivity index (χ4n) is 2.33. The third-order valence-corrected chi connectivity index (χ3v) is 5.16. The number of anilines is 1. The van der Waals surface area contributed by atoms with Gasteiger partial charge < -0.3 is 8.83 Å². The lowest BCUT2D eigenvalue weighted by Crippen LogP contribution is -2.14. The summed E-state index contributed by atoms with van der Waals surface area (Å²) in [4.78, 5) is 12.6. The summed E-state index contributed by atoms with van der Waals surface area (Å²) < 4.78 is 35.6. The van der Waals surface area contributed by atoms with Crippen LogP contribution in [0.5, 0.6) is 0 Å². The second kappa shape index (κ2) is 7.57. The van der Waals surface area contributed by atoms with Crippen LogP contribution in [0.15, 0.2) is 50.7 Å². The molecule has 0 saturated heterocycles. The van der Waals surface area contributed by atoms with Gasteiger partial charge in [-0.2, -0.15) is 0 Å². The number of hydrogen-bond donors (Lipinski definition) is 1. The molecule has 0 saturated carbocycles. The van der Waals surface area contributed by atoms with Gasteiger partial charge in [0.2, 0.25) is 10.0 Å². The Kier molecular flexibility index (Phi) is 5.38. The van der Waals surface area contributed by atoms with Gasteiger partial charge >= 0.3 is 0 Å². The summed E-state index contributed by atoms with van der Waals surface area (Å²) in [6, 6.07) is 7.95. The molecule has 27 heavy (non-hydrogen) atoms. The topological polar surface area (TPSA) is 115 Å². The summed E-state index contributed by atoms with van der Waals surface area (Å²) in [6.45, 7) is 3.53. The van der Waals surface area contributed by atoms with E-state index in [1.54, 1.807) is 32.0 Å². The maximum Gasteiger partial charge on any atom is 0.277 e. The molecular formula is C17H17N3O5S2. The molecule has 2 heterocycles. The molecule has 0 amide bonds. The number of hydrogen-bond acceptors (Lipinski definition) is 8. The van der Waals surface area contributed by atoms with Crippen LogP contribution in [0.4, 0.5) is 5.69 Å². The highest BCUT2D eigenvalue weighted by Crippen LogP contribution is 2.29. The zero-order valence-corrected chi connectivity index (χ0v) is 16.4. The fraction of sp³-hybridized carbons (Fsp3) is 0.235. The van der Waals surface area contributed by atoms with Gasteiger partial charge in [-0.1, -0.05) is 11.8 Å². The maximum atomic E-state index is 12.6. The lowest BCUT2D eigenvalue weighted by atomic mass is 10.1. The standard InChI is InChI=1S/C17H17N3O5S2/c1-10-14(8-9-24-10)16-18-19-17(25-16)26-11(2)15(21)12-4-6-13(7-5-12)20-27(3,22)23/h4-9,11,20H,1-3H3/t11-/m1/s1. The number of ketones is 1. The lowest BCUT2D eigenvalue weighted by molar-refractivity contribution is 0.0993. The predicted molar refractivity (Wildman–Crippen MR) is 101 cm³/mol. The Morgan fingerprint density at radius 1 is 1.19 bits per heavy atom. The second-order valence-electron chi connectivity index (χ2n) is 5.84. The number of thioether (sulfide) groups is 1. The van der Waals surface area contributed by atoms with E-state index in [4.69, 9.17) is 8.83 Å². The Morgan fingerprint density at radius 2 is 1.89 bits per heavy atom. The molecule has 3 rings (SSSR count). The van der Waals surface area contributed by atoms with Crippen LogP contribution < -0.4 is 4.72 Å². The van der Waals surface area contributed by atoms with Crippen molar-refractivity contribution in [2.75, 3.05) is 11.0 Å². The molecule has 1 atom stereocenters. The molecule has 0 bridgehead atoms. The molecular weight excluding hydrogens is 390 g/mol. The maximum absolute atomic E-state index is 12.6. The number of rotatable bonds is 7. The van der Waals surface area contributed by atoms with Crippen molar-refractivity contribution in [2.45, 2.75) is 24.3 Å². The van der Waals surface area contributed by atoms with Gasteiger partial charge in [0.25, 0.3) is 11.1 Å². The number of carbonyl (C=O) groups is 1. The van der Waals surface area contributed by atoms with Gasteiger partial charge in [-0.25, -0.2) is 8.42 Å². The second-order valence-corrected chi connectivity index (χ2v) is 8.88. The molecule has 0 spiro atoms. The largest absolute Gasteiger partial charge is 0.469 e. The van der Waals surface area contributed by atoms with Crippen LogP contribution in [0.3, 0.4) is 0 Å². The summed E-state index contributed by atoms with van der Waals surface area (Å²) in [5.74, 6) is 0.867. The van der Waals surface area contributed by atoms with Crippen molar-refractivity contribution in [1.29, 1.82) is 0 Å². The number of furan rings is 1. The number of aryl methyl sites for hydroxylation is 1. The monoisotopic (exact) mass is 407 g/mol. The number of nitrogens with zero attached hydrogens (tertiary/aromatic N) is 2. The minimum Gasteiger partial charge on any atom is -0.469 e. The van der Waals surface area contributed by atoms with Crippen LogP contribution in [0.2, 0.25) is 0 Å². The molecule has 0 unspecified atom stereocenters. The van der Waals surface area contributed by atoms with Gasteiger partial charge in [0, 0.05) is 11.3 Å². The smallest absolute Gasteiger partial charge is 0.277 e. The third-order valence-electron chi connectivity index (χ3n) is 3.62. The zero-order chi connectivity index (χ0) is 19.6. The Hall–Kier alpha value is -2.59. The van der Waals surface area contributed by atoms with Crippen molar-refractivity contribution in [1.82, 2.24) is 10.2 Å². The first-order chi connectivity index (χ1) is 12.7. The van der Waals surface area contributed by atoms with E-state index in [2.05, 4.69) is 14.9 Å². The molecule has 3 aromatic rings. The van der Waals surface area contributed by atoms with E-state index in [9.17, 15) is 13.2 Å². The van der Waals surface area contributed by atoms with Crippen molar-refractivity contribution >= 4 is 33.3 Å². The number of aromatic nitrogens is 2. The number of sulfonamides is 1. The molecule has 0 radical (unpaired) electrons. The SMILES string of the molecule is Cc1occc1-c1nnc(S[C@H](C)C(=O)c2ccc(NS(C)(=O)=O)cc2)o1. The molecule has 10 heteroatoms. The average Bonchev–Trinajstić information content (AvgIpc) is 3.22. The highest BCUT2D eigenvalue weighted by molar-refractivity contribution is 8.00. The molecule has 1 N–H and O–H groups in total. The highest BCUT2D eigenvalue weighted by Gasteiger charge is 2.21. The van der Waals surface area contributed by atoms with E-state index in [1.165, 1.54) is 18.4 Å². The van der Waals surface area contributed by atoms with E-state index in [0.29, 0.717) is 28.5 Å². The quantitative estimate of drug-likeness (QED) is 0.468. The van der Waals surface area contributed by atoms with Gasteiger partial charge in [-0.3, -0.25) is 9.52 Å². The minimum atomic E-state index is -3.36. The summed E-state index contributed by atoms with van der Waals surface area (Å²) >= 11 is 1.15. The molecule has 0 aliphatic heterocycles. The summed E-state index contributed by atoms with van der Waals surface area (Å²) in [5, 5.41) is 7.75. The molecule has 1 aromatic carbocycles. The minimum absolute atomic E-state index is 0.134. The van der Waals surface area contributed by atoms with Crippen LogP contribution in [-0.2, 0) is 10.0 Å². The van der Waals surface area contributed by atoms with Gasteiger partial charge in [0.05, 0.1) is 23.3 Å². The molecule has 0 fully saturated rings. The van der Waals surface area contributed by atoms with E-state index in [-0.39, 0.29) is 11.0 Å². The van der Waals surface area contributed by atoms with Crippen molar-refractivity contribution in [3.05, 3.63) is 47.9 Å². The predicted octanol–water partition coefficient (Wildman–Crippen LogP) is 3.37. The fourth-order valence-corrected chi connectivity index (χ4v) is 3.65. The number of nitrogens with one attached hydrogen (secondary N) is 1. The van der Waals surface area contributed by atoms with Crippen molar-refractivity contribution < 1.29 is 22.0 Å². The first kappa shape index (κ1) is 19.2. The Labute approximate surface area is 160 Å². The van der Waals surface area contributed by atoms with Crippen molar-refractivity contribution in [2.24, 2.45) is 0 Å². The van der Waals surface area contributed by atoms with E-state index in [1.807, 2.05) is 0 Å². The Balaban J connectivity index is 1.67. The van der Waals surface area contributed by atoms with Gasteiger partial charge in [0.15, 0.2) is 5.78 Å². The lowest BCUT2D eigenvalue weighted by Gasteiger charge is -2.09. The number of carbonyl (C=O) groups excluding carboxylic acids is 1. The third kappa shape index (κ3) is 4.77. The molecule has 8 nitrogen and oxygen atoms in total. The van der Waals surface area contributed by atoms with Gasteiger partial charge in [0.1, 0.15) is 5.76 Å². The van der Waals surface area contributed by atoms with Gasteiger partial charge in [-0.05, 0) is 44.2 Å². The zero-order valence-electron chi connectivity index (χ0n) is 14.8. The van der Waals surface area contributed by atoms with Crippen molar-refractivity contribution in [3.63, 3.8) is 0 Å². The van der Waals surface area contributed by atoms with Crippen LogP contribution in [0, 0.1) is 6.92 Å². The summed E-state index contributed by atoms with van der Waals surface area (Å²) in [5.41, 5.74) is 1.56. The van der Waals surface area contributed by atoms with E-state index in [0.717, 1.165) is 18.0 Å². The Bertz CT molecular complexity index is 1050. The first-order valence-corrected chi connectivity index (χ1v) is 10.7. The van der Waals surface area contributed by atoms with E-state index >= 15 is 0 Å². The average molecular weight is 407 g/mol. The van der Waals surface area contributed by atoms with E-state index < -0.39 is 15.3 Å². The number of benzene rings is 1. The van der Waals surface area contributed by atoms with Crippen molar-refractivity contribution in [3.8, 4) is 11.5 Å². The Morgan fingerprint density at radius 3 is 2.48 bits per heavy atom. The van der Waals surface area contributed by atoms with Gasteiger partial charge in [-0.15, -0.1) is 10.2 Å². The van der Waals surface area contributed by atoms with Crippen LogP contribution in [0.1, 0.15) is 23.0 Å². The molecule has 0 aliphatic carbocycles. The van der Waals surface area contributed by atoms with Crippen LogP contribution >= 0.6 is 11.8 Å². The highest BCUT2D eigenvalue weighted by atomic mass is 32.2. The first-order valence-electron chi connectivity index (χ1n) is 7.89. The summed E-state index contributed by atoms with van der Waals surface area (Å²) in [7, 11) is -3.36. The van der Waals surface area contributed by atoms with Crippen LogP contribution in [-0.4, -0.2) is 35.9 Å². The normalized spacial score (nSPS) is 12.7. The summed E-state index contributed by atoms with van der Waals surface area (Å²) in [6.07, 6.45) is 2.60. The van der Waals surface area contributed by atoms with Crippen LogP contribution in [0.25, 0.3) is 11.5 Å². The molecule has 0 aliphatic rings. The molecule has 142 valence electrons. The molecule has 2 aromatic heterocycles.